The second kappa shape index (κ2) is 10.4. The van der Waals surface area contributed by atoms with E-state index in [0.717, 1.165) is 23.4 Å². The molecule has 33 heavy (non-hydrogen) atoms. The summed E-state index contributed by atoms with van der Waals surface area (Å²) in [6, 6.07) is 16.1. The summed E-state index contributed by atoms with van der Waals surface area (Å²) >= 11 is 1.33. The number of anilines is 1. The first-order valence-corrected chi connectivity index (χ1v) is 11.8. The first-order valence-electron chi connectivity index (χ1n) is 10.9. The van der Waals surface area contributed by atoms with E-state index in [9.17, 15) is 4.79 Å². The Balaban J connectivity index is 1.51. The number of aryl methyl sites for hydroxylation is 1. The van der Waals surface area contributed by atoms with Crippen LogP contribution in [-0.2, 0) is 4.79 Å². The fourth-order valence-electron chi connectivity index (χ4n) is 3.33. The average Bonchev–Trinajstić information content (AvgIpc) is 3.28. The van der Waals surface area contributed by atoms with Gasteiger partial charge in [0.2, 0.25) is 5.91 Å². The van der Waals surface area contributed by atoms with E-state index in [1.807, 2.05) is 47.9 Å². The minimum atomic E-state index is -0.101. The summed E-state index contributed by atoms with van der Waals surface area (Å²) in [4.78, 5) is 21.1. The molecule has 8 heteroatoms. The van der Waals surface area contributed by atoms with Crippen LogP contribution < -0.4 is 5.32 Å². The third-order valence-corrected chi connectivity index (χ3v) is 6.35. The predicted octanol–water partition coefficient (Wildman–Crippen LogP) is 5.28. The summed E-state index contributed by atoms with van der Waals surface area (Å²) in [5.41, 5.74) is 4.72. The molecule has 7 nitrogen and oxygen atoms in total. The molecule has 1 N–H and O–H groups in total. The van der Waals surface area contributed by atoms with Gasteiger partial charge >= 0.3 is 0 Å². The number of amides is 1. The van der Waals surface area contributed by atoms with E-state index < -0.39 is 0 Å². The Morgan fingerprint density at radius 3 is 2.48 bits per heavy atom. The van der Waals surface area contributed by atoms with E-state index in [0.29, 0.717) is 22.6 Å². The number of nitrogens with zero attached hydrogens (tertiary/aromatic N) is 5. The molecule has 0 aliphatic rings. The largest absolute Gasteiger partial charge is 0.325 e. The van der Waals surface area contributed by atoms with Gasteiger partial charge in [-0.25, -0.2) is 4.98 Å². The monoisotopic (exact) mass is 458 g/mol. The van der Waals surface area contributed by atoms with Crippen LogP contribution in [0.25, 0.3) is 17.2 Å². The van der Waals surface area contributed by atoms with Gasteiger partial charge in [-0.3, -0.25) is 14.3 Å². The second-order valence-electron chi connectivity index (χ2n) is 7.84. The van der Waals surface area contributed by atoms with Gasteiger partial charge in [-0.2, -0.15) is 0 Å². The van der Waals surface area contributed by atoms with Crippen LogP contribution in [0, 0.1) is 6.92 Å². The Morgan fingerprint density at radius 2 is 1.82 bits per heavy atom. The maximum absolute atomic E-state index is 12.6. The molecule has 2 heterocycles. The van der Waals surface area contributed by atoms with Crippen molar-refractivity contribution in [2.45, 2.75) is 38.3 Å². The molecule has 168 valence electrons. The summed E-state index contributed by atoms with van der Waals surface area (Å²) in [6.45, 7) is 6.40. The first-order chi connectivity index (χ1) is 16.0. The van der Waals surface area contributed by atoms with Gasteiger partial charge in [-0.05, 0) is 49.1 Å². The molecule has 4 rings (SSSR count). The van der Waals surface area contributed by atoms with Crippen LogP contribution in [0.1, 0.15) is 37.3 Å². The van der Waals surface area contributed by atoms with E-state index in [2.05, 4.69) is 51.5 Å². The van der Waals surface area contributed by atoms with Gasteiger partial charge in [-0.1, -0.05) is 55.4 Å². The molecule has 1 amide bonds. The standard InChI is InChI=1S/C25H26N6OS/c1-4-18(3)19-7-9-20(10-8-19)28-23(32)16-33-25-30-29-24(22-15-26-13-14-27-22)31(25)21-11-5-17(2)6-12-21/h5-15,18H,4,16H2,1-3H3,(H,28,32). The number of thioether (sulfide) groups is 1. The molecule has 0 bridgehead atoms. The zero-order valence-electron chi connectivity index (χ0n) is 18.9. The van der Waals surface area contributed by atoms with Gasteiger partial charge < -0.3 is 5.32 Å². The molecule has 1 unspecified atom stereocenters. The van der Waals surface area contributed by atoms with Crippen LogP contribution in [0.5, 0.6) is 0 Å². The molecular weight excluding hydrogens is 432 g/mol. The molecule has 1 atom stereocenters. The molecule has 0 aliphatic heterocycles. The number of benzene rings is 2. The lowest BCUT2D eigenvalue weighted by Gasteiger charge is -2.11. The Hall–Kier alpha value is -3.52. The highest BCUT2D eigenvalue weighted by Crippen LogP contribution is 2.27. The van der Waals surface area contributed by atoms with Crippen LogP contribution >= 0.6 is 11.8 Å². The van der Waals surface area contributed by atoms with Gasteiger partial charge in [0.1, 0.15) is 5.69 Å². The normalized spacial score (nSPS) is 11.8. The summed E-state index contributed by atoms with van der Waals surface area (Å²) in [7, 11) is 0. The van der Waals surface area contributed by atoms with E-state index >= 15 is 0 Å². The molecule has 0 saturated carbocycles. The van der Waals surface area contributed by atoms with Crippen LogP contribution in [0.15, 0.2) is 72.3 Å². The number of rotatable bonds is 8. The van der Waals surface area contributed by atoms with Crippen molar-refractivity contribution in [1.29, 1.82) is 0 Å². The van der Waals surface area contributed by atoms with Crippen molar-refractivity contribution in [3.8, 4) is 17.2 Å². The van der Waals surface area contributed by atoms with Crippen LogP contribution in [-0.4, -0.2) is 36.4 Å². The van der Waals surface area contributed by atoms with Crippen LogP contribution in [0.3, 0.4) is 0 Å². The molecule has 0 saturated heterocycles. The average molecular weight is 459 g/mol. The highest BCUT2D eigenvalue weighted by Gasteiger charge is 2.18. The smallest absolute Gasteiger partial charge is 0.234 e. The van der Waals surface area contributed by atoms with Crippen molar-refractivity contribution in [2.75, 3.05) is 11.1 Å². The third-order valence-electron chi connectivity index (χ3n) is 5.43. The van der Waals surface area contributed by atoms with E-state index in [1.54, 1.807) is 18.6 Å². The topological polar surface area (TPSA) is 85.6 Å². The van der Waals surface area contributed by atoms with E-state index in [-0.39, 0.29) is 11.7 Å². The summed E-state index contributed by atoms with van der Waals surface area (Å²) in [5, 5.41) is 12.3. The lowest BCUT2D eigenvalue weighted by Crippen LogP contribution is -2.14. The van der Waals surface area contributed by atoms with Crippen molar-refractivity contribution in [3.05, 3.63) is 78.2 Å². The molecular formula is C25H26N6OS. The zero-order valence-corrected chi connectivity index (χ0v) is 19.7. The maximum Gasteiger partial charge on any atom is 0.234 e. The molecule has 4 aromatic rings. The Kier molecular flexibility index (Phi) is 7.14. The number of carbonyl (C=O) groups is 1. The fourth-order valence-corrected chi connectivity index (χ4v) is 4.08. The summed E-state index contributed by atoms with van der Waals surface area (Å²) in [5.74, 6) is 1.19. The van der Waals surface area contributed by atoms with Crippen molar-refractivity contribution < 1.29 is 4.79 Å². The molecule has 0 radical (unpaired) electrons. The first kappa shape index (κ1) is 22.7. The van der Waals surface area contributed by atoms with Gasteiger partial charge in [0, 0.05) is 23.8 Å². The highest BCUT2D eigenvalue weighted by atomic mass is 32.2. The van der Waals surface area contributed by atoms with Crippen molar-refractivity contribution >= 4 is 23.4 Å². The quantitative estimate of drug-likeness (QED) is 0.362. The van der Waals surface area contributed by atoms with Gasteiger partial charge in [0.25, 0.3) is 0 Å². The van der Waals surface area contributed by atoms with Gasteiger partial charge in [-0.15, -0.1) is 10.2 Å². The minimum absolute atomic E-state index is 0.101. The number of hydrogen-bond donors (Lipinski definition) is 1. The molecule has 0 aliphatic carbocycles. The van der Waals surface area contributed by atoms with Crippen LogP contribution in [0.4, 0.5) is 5.69 Å². The van der Waals surface area contributed by atoms with Crippen molar-refractivity contribution in [1.82, 2.24) is 24.7 Å². The van der Waals surface area contributed by atoms with Crippen LogP contribution in [0.2, 0.25) is 0 Å². The molecule has 0 spiro atoms. The number of nitrogens with one attached hydrogen (secondary N) is 1. The summed E-state index contributed by atoms with van der Waals surface area (Å²) in [6.07, 6.45) is 5.97. The van der Waals surface area contributed by atoms with E-state index in [4.69, 9.17) is 0 Å². The van der Waals surface area contributed by atoms with E-state index in [1.165, 1.54) is 17.3 Å². The number of aromatic nitrogens is 5. The van der Waals surface area contributed by atoms with Gasteiger partial charge in [0.05, 0.1) is 11.9 Å². The number of hydrogen-bond acceptors (Lipinski definition) is 6. The predicted molar refractivity (Wildman–Crippen MR) is 132 cm³/mol. The lowest BCUT2D eigenvalue weighted by atomic mass is 9.99. The lowest BCUT2D eigenvalue weighted by molar-refractivity contribution is -0.113. The SMILES string of the molecule is CCC(C)c1ccc(NC(=O)CSc2nnc(-c3cnccn3)n2-c2ccc(C)cc2)cc1. The minimum Gasteiger partial charge on any atom is -0.325 e. The molecule has 2 aromatic carbocycles. The highest BCUT2D eigenvalue weighted by molar-refractivity contribution is 7.99. The second-order valence-corrected chi connectivity index (χ2v) is 8.78. The Bertz CT molecular complexity index is 1210. The number of carbonyl (C=O) groups excluding carboxylic acids is 1. The Labute approximate surface area is 197 Å². The fraction of sp³-hybridized carbons (Fsp3) is 0.240. The maximum atomic E-state index is 12.6. The Morgan fingerprint density at radius 1 is 1.06 bits per heavy atom. The van der Waals surface area contributed by atoms with Crippen molar-refractivity contribution in [2.24, 2.45) is 0 Å². The summed E-state index contributed by atoms with van der Waals surface area (Å²) < 4.78 is 1.91. The zero-order chi connectivity index (χ0) is 23.2. The van der Waals surface area contributed by atoms with Crippen molar-refractivity contribution in [3.63, 3.8) is 0 Å². The third kappa shape index (κ3) is 5.46. The van der Waals surface area contributed by atoms with Gasteiger partial charge in [0.15, 0.2) is 11.0 Å². The molecule has 2 aromatic heterocycles. The molecule has 0 fully saturated rings.